The first-order valence-electron chi connectivity index (χ1n) is 7.01. The number of allylic oxidation sites excluding steroid dienone is 1. The Hall–Kier alpha value is -0.540. The molecule has 0 amide bonds. The van der Waals surface area contributed by atoms with Gasteiger partial charge in [-0.25, -0.2) is 0 Å². The Morgan fingerprint density at radius 1 is 1.29 bits per heavy atom. The van der Waals surface area contributed by atoms with Gasteiger partial charge in [0.1, 0.15) is 0 Å². The van der Waals surface area contributed by atoms with Gasteiger partial charge in [0.05, 0.1) is 0 Å². The van der Waals surface area contributed by atoms with Crippen LogP contribution in [0.25, 0.3) is 0 Å². The van der Waals surface area contributed by atoms with Crippen LogP contribution in [0, 0.1) is 5.92 Å². The van der Waals surface area contributed by atoms with Gasteiger partial charge in [-0.05, 0) is 32.6 Å². The lowest BCUT2D eigenvalue weighted by molar-refractivity contribution is 0.139. The molecule has 0 radical (unpaired) electrons. The summed E-state index contributed by atoms with van der Waals surface area (Å²) in [6.07, 6.45) is 2.68. The zero-order valence-corrected chi connectivity index (χ0v) is 11.4. The number of hydrogen-bond acceptors (Lipinski definition) is 3. The topological polar surface area (TPSA) is 18.5 Å². The summed E-state index contributed by atoms with van der Waals surface area (Å²) < 4.78 is 0. The first-order valence-corrected chi connectivity index (χ1v) is 7.01. The van der Waals surface area contributed by atoms with Crippen LogP contribution in [0.15, 0.2) is 12.3 Å². The molecule has 3 heteroatoms. The fourth-order valence-electron chi connectivity index (χ4n) is 3.04. The van der Waals surface area contributed by atoms with Crippen LogP contribution in [0.4, 0.5) is 0 Å². The minimum Gasteiger partial charge on any atom is -0.376 e. The Morgan fingerprint density at radius 3 is 2.59 bits per heavy atom. The molecule has 3 nitrogen and oxygen atoms in total. The number of nitrogens with zero attached hydrogens (tertiary/aromatic N) is 2. The molecule has 1 N–H and O–H groups in total. The molecule has 2 saturated heterocycles. The number of piperidine rings is 1. The van der Waals surface area contributed by atoms with Crippen molar-refractivity contribution >= 4 is 0 Å². The zero-order chi connectivity index (χ0) is 12.3. The van der Waals surface area contributed by atoms with Crippen LogP contribution in [0.1, 0.15) is 26.7 Å². The molecule has 0 aromatic carbocycles. The molecule has 0 aromatic rings. The maximum Gasteiger partial charge on any atom is 0.0177 e. The van der Waals surface area contributed by atoms with Gasteiger partial charge in [-0.3, -0.25) is 0 Å². The minimum atomic E-state index is 0.666. The van der Waals surface area contributed by atoms with Gasteiger partial charge in [0.25, 0.3) is 0 Å². The Morgan fingerprint density at radius 2 is 2.00 bits per heavy atom. The van der Waals surface area contributed by atoms with E-state index in [1.54, 1.807) is 0 Å². The van der Waals surface area contributed by atoms with Crippen LogP contribution in [-0.2, 0) is 0 Å². The molecular formula is C14H27N3. The third kappa shape index (κ3) is 3.71. The van der Waals surface area contributed by atoms with Crippen LogP contribution in [0.3, 0.4) is 0 Å². The largest absolute Gasteiger partial charge is 0.376 e. The number of likely N-dealkylation sites (tertiary alicyclic amines) is 1. The van der Waals surface area contributed by atoms with Crippen molar-refractivity contribution in [1.82, 2.24) is 15.1 Å². The van der Waals surface area contributed by atoms with Crippen molar-refractivity contribution in [3.05, 3.63) is 12.3 Å². The second kappa shape index (κ2) is 5.87. The second-order valence-corrected chi connectivity index (χ2v) is 5.78. The van der Waals surface area contributed by atoms with Gasteiger partial charge in [-0.1, -0.05) is 6.58 Å². The number of hydrogen-bond donors (Lipinski definition) is 1. The van der Waals surface area contributed by atoms with Crippen LogP contribution < -0.4 is 5.32 Å². The third-order valence-electron chi connectivity index (χ3n) is 4.12. The van der Waals surface area contributed by atoms with Crippen LogP contribution in [0.5, 0.6) is 0 Å². The molecule has 0 aromatic heterocycles. The maximum atomic E-state index is 4.04. The van der Waals surface area contributed by atoms with E-state index in [4.69, 9.17) is 0 Å². The van der Waals surface area contributed by atoms with Crippen molar-refractivity contribution in [3.63, 3.8) is 0 Å². The Bertz CT molecular complexity index is 256. The molecule has 2 fully saturated rings. The third-order valence-corrected chi connectivity index (χ3v) is 4.12. The minimum absolute atomic E-state index is 0.666. The molecular weight excluding hydrogens is 210 g/mol. The monoisotopic (exact) mass is 237 g/mol. The van der Waals surface area contributed by atoms with Gasteiger partial charge in [0.15, 0.2) is 0 Å². The van der Waals surface area contributed by atoms with E-state index >= 15 is 0 Å². The predicted octanol–water partition coefficient (Wildman–Crippen LogP) is 1.53. The summed E-state index contributed by atoms with van der Waals surface area (Å²) in [5.74, 6) is 0.899. The van der Waals surface area contributed by atoms with Crippen molar-refractivity contribution in [2.24, 2.45) is 5.92 Å². The smallest absolute Gasteiger partial charge is 0.0177 e. The van der Waals surface area contributed by atoms with Crippen molar-refractivity contribution in [2.75, 3.05) is 39.3 Å². The van der Waals surface area contributed by atoms with E-state index in [0.717, 1.165) is 12.5 Å². The van der Waals surface area contributed by atoms with Crippen molar-refractivity contribution < 1.29 is 0 Å². The van der Waals surface area contributed by atoms with E-state index in [1.165, 1.54) is 51.3 Å². The highest BCUT2D eigenvalue weighted by atomic mass is 15.2. The van der Waals surface area contributed by atoms with E-state index in [-0.39, 0.29) is 0 Å². The van der Waals surface area contributed by atoms with Gasteiger partial charge >= 0.3 is 0 Å². The molecule has 1 atom stereocenters. The van der Waals surface area contributed by atoms with Gasteiger partial charge in [-0.2, -0.15) is 0 Å². The normalized spacial score (nSPS) is 28.4. The van der Waals surface area contributed by atoms with E-state index in [9.17, 15) is 0 Å². The molecule has 0 bridgehead atoms. The fourth-order valence-corrected chi connectivity index (χ4v) is 3.04. The lowest BCUT2D eigenvalue weighted by atomic mass is 9.95. The van der Waals surface area contributed by atoms with Gasteiger partial charge in [0.2, 0.25) is 0 Å². The quantitative estimate of drug-likeness (QED) is 0.803. The van der Waals surface area contributed by atoms with Crippen molar-refractivity contribution in [3.8, 4) is 0 Å². The van der Waals surface area contributed by atoms with E-state index in [0.29, 0.717) is 6.04 Å². The molecule has 2 heterocycles. The average molecular weight is 237 g/mol. The van der Waals surface area contributed by atoms with Gasteiger partial charge in [0, 0.05) is 51.0 Å². The predicted molar refractivity (Wildman–Crippen MR) is 73.0 cm³/mol. The van der Waals surface area contributed by atoms with Crippen molar-refractivity contribution in [1.29, 1.82) is 0 Å². The highest BCUT2D eigenvalue weighted by molar-refractivity contribution is 4.91. The number of nitrogens with one attached hydrogen (secondary N) is 1. The lowest BCUT2D eigenvalue weighted by Gasteiger charge is -2.38. The summed E-state index contributed by atoms with van der Waals surface area (Å²) in [5, 5.41) is 3.51. The molecule has 2 aliphatic heterocycles. The van der Waals surface area contributed by atoms with E-state index in [2.05, 4.69) is 35.5 Å². The fraction of sp³-hybridized carbons (Fsp3) is 0.857. The van der Waals surface area contributed by atoms with E-state index in [1.807, 2.05) is 0 Å². The number of rotatable bonds is 3. The Kier molecular flexibility index (Phi) is 4.46. The summed E-state index contributed by atoms with van der Waals surface area (Å²) >= 11 is 0. The van der Waals surface area contributed by atoms with Crippen LogP contribution >= 0.6 is 0 Å². The highest BCUT2D eigenvalue weighted by Crippen LogP contribution is 2.21. The lowest BCUT2D eigenvalue weighted by Crippen LogP contribution is -2.51. The molecule has 2 rings (SSSR count). The van der Waals surface area contributed by atoms with Gasteiger partial charge in [-0.15, -0.1) is 0 Å². The van der Waals surface area contributed by atoms with Gasteiger partial charge < -0.3 is 15.1 Å². The number of piperazine rings is 1. The highest BCUT2D eigenvalue weighted by Gasteiger charge is 2.23. The first-order chi connectivity index (χ1) is 8.15. The molecule has 2 aliphatic rings. The Balaban J connectivity index is 1.72. The standard InChI is InChI=1S/C14H27N3/c1-12(2)17-7-4-14(5-8-17)11-16-9-6-15-13(3)10-16/h13-15H,1,4-11H2,2-3H3/t13-/m0/s1. The van der Waals surface area contributed by atoms with Crippen LogP contribution in [0.2, 0.25) is 0 Å². The molecule has 0 aliphatic carbocycles. The average Bonchev–Trinajstić information content (AvgIpc) is 2.29. The first kappa shape index (κ1) is 12.9. The SMILES string of the molecule is C=C(C)N1CCC(CN2CCN[C@@H](C)C2)CC1. The summed E-state index contributed by atoms with van der Waals surface area (Å²) in [4.78, 5) is 5.07. The molecule has 17 heavy (non-hydrogen) atoms. The summed E-state index contributed by atoms with van der Waals surface area (Å²) in [5.41, 5.74) is 1.24. The second-order valence-electron chi connectivity index (χ2n) is 5.78. The summed E-state index contributed by atoms with van der Waals surface area (Å²) in [6.45, 7) is 15.8. The summed E-state index contributed by atoms with van der Waals surface area (Å²) in [6, 6.07) is 0.666. The van der Waals surface area contributed by atoms with E-state index < -0.39 is 0 Å². The molecule has 0 saturated carbocycles. The maximum absolute atomic E-state index is 4.04. The molecule has 0 unspecified atom stereocenters. The zero-order valence-electron chi connectivity index (χ0n) is 11.4. The molecule has 98 valence electrons. The summed E-state index contributed by atoms with van der Waals surface area (Å²) in [7, 11) is 0. The molecule has 0 spiro atoms. The Labute approximate surface area is 106 Å². The van der Waals surface area contributed by atoms with Crippen LogP contribution in [-0.4, -0.2) is 55.1 Å². The van der Waals surface area contributed by atoms with Crippen molar-refractivity contribution in [2.45, 2.75) is 32.7 Å².